The van der Waals surface area contributed by atoms with Gasteiger partial charge in [0.25, 0.3) is 0 Å². The molecule has 0 unspecified atom stereocenters. The van der Waals surface area contributed by atoms with Crippen LogP contribution in [-0.4, -0.2) is 15.0 Å². The third-order valence-electron chi connectivity index (χ3n) is 12.1. The molecule has 294 valence electrons. The van der Waals surface area contributed by atoms with E-state index in [1.54, 1.807) is 0 Å². The first-order chi connectivity index (χ1) is 31.2. The van der Waals surface area contributed by atoms with E-state index in [9.17, 15) is 0 Å². The lowest BCUT2D eigenvalue weighted by atomic mass is 9.89. The Bertz CT molecular complexity index is 3620. The van der Waals surface area contributed by atoms with Crippen LogP contribution in [0.1, 0.15) is 0 Å². The largest absolute Gasteiger partial charge is 0.456 e. The van der Waals surface area contributed by atoms with E-state index in [0.717, 1.165) is 105 Å². The highest BCUT2D eigenvalue weighted by molar-refractivity contribution is 6.27. The summed E-state index contributed by atoms with van der Waals surface area (Å²) in [7, 11) is 0. The molecule has 0 N–H and O–H groups in total. The third kappa shape index (κ3) is 6.53. The predicted octanol–water partition coefficient (Wildman–Crippen LogP) is 15.7. The van der Waals surface area contributed by atoms with E-state index in [2.05, 4.69) is 194 Å². The van der Waals surface area contributed by atoms with Crippen molar-refractivity contribution in [3.63, 3.8) is 0 Å². The number of benzene rings is 9. The van der Waals surface area contributed by atoms with Crippen LogP contribution in [0.25, 0.3) is 122 Å². The smallest absolute Gasteiger partial charge is 0.160 e. The predicted molar refractivity (Wildman–Crippen MR) is 260 cm³/mol. The highest BCUT2D eigenvalue weighted by Crippen LogP contribution is 2.46. The van der Waals surface area contributed by atoms with Gasteiger partial charge in [-0.3, -0.25) is 0 Å². The SMILES string of the molecule is c1ccc(-c2ccc(-c3nc(-c4ccccc4)cc(-c4ccc(-c5ccc(-c6nc7ccccc7c7c(-c8ccccc8)c8c(cc67)oc6ccccc68)cc5)cc4)n3)cc2)cc1. The summed E-state index contributed by atoms with van der Waals surface area (Å²) in [5.74, 6) is 0.692. The maximum absolute atomic E-state index is 6.59. The summed E-state index contributed by atoms with van der Waals surface area (Å²) in [6.45, 7) is 0. The number of aromatic nitrogens is 3. The molecular weight excluding hydrogens is 767 g/mol. The lowest BCUT2D eigenvalue weighted by Gasteiger charge is -2.16. The normalized spacial score (nSPS) is 11.5. The van der Waals surface area contributed by atoms with E-state index >= 15 is 0 Å². The van der Waals surface area contributed by atoms with Crippen LogP contribution in [0, 0.1) is 0 Å². The molecule has 0 saturated heterocycles. The Morgan fingerprint density at radius 1 is 0.286 bits per heavy atom. The molecular formula is C59H37N3O. The first-order valence-electron chi connectivity index (χ1n) is 21.3. The van der Waals surface area contributed by atoms with Crippen LogP contribution in [0.3, 0.4) is 0 Å². The minimum atomic E-state index is 0.692. The fourth-order valence-corrected chi connectivity index (χ4v) is 9.01. The van der Waals surface area contributed by atoms with Crippen molar-refractivity contribution in [3.05, 3.63) is 224 Å². The average molecular weight is 804 g/mol. The van der Waals surface area contributed by atoms with Crippen molar-refractivity contribution in [2.24, 2.45) is 0 Å². The number of nitrogens with zero attached hydrogens (tertiary/aromatic N) is 3. The number of hydrogen-bond acceptors (Lipinski definition) is 4. The fourth-order valence-electron chi connectivity index (χ4n) is 9.01. The molecule has 9 aromatic carbocycles. The van der Waals surface area contributed by atoms with Gasteiger partial charge in [-0.05, 0) is 52.1 Å². The lowest BCUT2D eigenvalue weighted by Crippen LogP contribution is -1.96. The van der Waals surface area contributed by atoms with E-state index in [0.29, 0.717) is 5.82 Å². The molecule has 0 radical (unpaired) electrons. The van der Waals surface area contributed by atoms with Crippen LogP contribution in [0.4, 0.5) is 0 Å². The summed E-state index contributed by atoms with van der Waals surface area (Å²) in [4.78, 5) is 15.5. The topological polar surface area (TPSA) is 51.8 Å². The second kappa shape index (κ2) is 15.2. The second-order valence-electron chi connectivity index (χ2n) is 15.9. The highest BCUT2D eigenvalue weighted by atomic mass is 16.3. The Kier molecular flexibility index (Phi) is 8.79. The summed E-state index contributed by atoms with van der Waals surface area (Å²) >= 11 is 0. The third-order valence-corrected chi connectivity index (χ3v) is 12.1. The van der Waals surface area contributed by atoms with Crippen LogP contribution >= 0.6 is 0 Å². The zero-order valence-corrected chi connectivity index (χ0v) is 34.1. The summed E-state index contributed by atoms with van der Waals surface area (Å²) in [5.41, 5.74) is 16.3. The molecule has 4 heteroatoms. The van der Waals surface area contributed by atoms with Crippen molar-refractivity contribution < 1.29 is 4.42 Å². The van der Waals surface area contributed by atoms with Crippen LogP contribution in [0.2, 0.25) is 0 Å². The highest BCUT2D eigenvalue weighted by Gasteiger charge is 2.21. The first kappa shape index (κ1) is 36.4. The lowest BCUT2D eigenvalue weighted by molar-refractivity contribution is 0.669. The van der Waals surface area contributed by atoms with Gasteiger partial charge < -0.3 is 4.42 Å². The van der Waals surface area contributed by atoms with E-state index in [4.69, 9.17) is 19.4 Å². The molecule has 0 fully saturated rings. The number of para-hydroxylation sites is 2. The van der Waals surface area contributed by atoms with Gasteiger partial charge in [0.05, 0.1) is 22.6 Å². The molecule has 12 rings (SSSR count). The van der Waals surface area contributed by atoms with Crippen LogP contribution in [0.5, 0.6) is 0 Å². The van der Waals surface area contributed by atoms with Crippen LogP contribution in [0.15, 0.2) is 229 Å². The average Bonchev–Trinajstić information content (AvgIpc) is 3.74. The molecule has 0 aliphatic heterocycles. The summed E-state index contributed by atoms with van der Waals surface area (Å²) in [6, 6.07) is 78.5. The zero-order valence-electron chi connectivity index (χ0n) is 34.1. The molecule has 12 aromatic rings. The summed E-state index contributed by atoms with van der Waals surface area (Å²) in [6.07, 6.45) is 0. The van der Waals surface area contributed by atoms with Crippen molar-refractivity contribution in [1.82, 2.24) is 15.0 Å². The molecule has 0 spiro atoms. The van der Waals surface area contributed by atoms with Gasteiger partial charge in [-0.1, -0.05) is 200 Å². The zero-order chi connectivity index (χ0) is 41.7. The van der Waals surface area contributed by atoms with Crippen LogP contribution < -0.4 is 0 Å². The molecule has 0 amide bonds. The van der Waals surface area contributed by atoms with Gasteiger partial charge >= 0.3 is 0 Å². The van der Waals surface area contributed by atoms with Crippen molar-refractivity contribution in [3.8, 4) is 78.5 Å². The number of fused-ring (bicyclic) bond motifs is 6. The van der Waals surface area contributed by atoms with Crippen molar-refractivity contribution >= 4 is 43.6 Å². The fraction of sp³-hybridized carbons (Fsp3) is 0. The van der Waals surface area contributed by atoms with Crippen LogP contribution in [-0.2, 0) is 0 Å². The first-order valence-corrected chi connectivity index (χ1v) is 21.3. The number of hydrogen-bond donors (Lipinski definition) is 0. The van der Waals surface area contributed by atoms with E-state index in [1.165, 1.54) is 10.9 Å². The monoisotopic (exact) mass is 803 g/mol. The van der Waals surface area contributed by atoms with E-state index < -0.39 is 0 Å². The minimum Gasteiger partial charge on any atom is -0.456 e. The molecule has 63 heavy (non-hydrogen) atoms. The number of furan rings is 1. The van der Waals surface area contributed by atoms with Gasteiger partial charge in [0, 0.05) is 54.7 Å². The standard InChI is InChI=1S/C59H37N3O/c1-4-14-38(15-5-1)39-28-34-46(35-29-39)59-61-51(42-16-6-2-7-17-42)37-52(62-59)43-30-24-40(25-31-43)41-26-32-45(33-27-41)58-49-36-54-57(48-21-11-13-23-53(48)63-54)55(44-18-8-3-9-19-44)56(49)47-20-10-12-22-50(47)60-58/h1-37H. The molecule has 0 aliphatic rings. The minimum absolute atomic E-state index is 0.692. The maximum Gasteiger partial charge on any atom is 0.160 e. The van der Waals surface area contributed by atoms with Crippen molar-refractivity contribution in [2.75, 3.05) is 0 Å². The molecule has 3 heterocycles. The quantitative estimate of drug-likeness (QED) is 0.151. The van der Waals surface area contributed by atoms with Gasteiger partial charge in [-0.25, -0.2) is 15.0 Å². The number of rotatable bonds is 7. The Labute approximate surface area is 364 Å². The van der Waals surface area contributed by atoms with Crippen molar-refractivity contribution in [1.29, 1.82) is 0 Å². The van der Waals surface area contributed by atoms with Gasteiger partial charge in [0.1, 0.15) is 11.2 Å². The van der Waals surface area contributed by atoms with Gasteiger partial charge in [0.15, 0.2) is 5.82 Å². The molecule has 0 bridgehead atoms. The Balaban J connectivity index is 0.928. The molecule has 3 aromatic heterocycles. The van der Waals surface area contributed by atoms with Gasteiger partial charge in [-0.15, -0.1) is 0 Å². The van der Waals surface area contributed by atoms with Crippen molar-refractivity contribution in [2.45, 2.75) is 0 Å². The second-order valence-corrected chi connectivity index (χ2v) is 15.9. The summed E-state index contributed by atoms with van der Waals surface area (Å²) in [5, 5.41) is 5.58. The van der Waals surface area contributed by atoms with E-state index in [-0.39, 0.29) is 0 Å². The Hall–Kier alpha value is -8.47. The Morgan fingerprint density at radius 3 is 1.38 bits per heavy atom. The summed E-state index contributed by atoms with van der Waals surface area (Å²) < 4.78 is 6.59. The van der Waals surface area contributed by atoms with E-state index in [1.807, 2.05) is 30.3 Å². The molecule has 4 nitrogen and oxygen atoms in total. The number of pyridine rings is 1. The molecule has 0 atom stereocenters. The maximum atomic E-state index is 6.59. The molecule has 0 aliphatic carbocycles. The van der Waals surface area contributed by atoms with Gasteiger partial charge in [0.2, 0.25) is 0 Å². The Morgan fingerprint density at radius 2 is 0.746 bits per heavy atom. The van der Waals surface area contributed by atoms with Gasteiger partial charge in [-0.2, -0.15) is 0 Å². The molecule has 0 saturated carbocycles.